The van der Waals surface area contributed by atoms with Crippen LogP contribution in [0.5, 0.6) is 0 Å². The van der Waals surface area contributed by atoms with Gasteiger partial charge in [-0.15, -0.1) is 0 Å². The topological polar surface area (TPSA) is 17.1 Å². The molecular weight excluding hydrogens is 256 g/mol. The first-order valence-electron chi connectivity index (χ1n) is 9.42. The fourth-order valence-corrected chi connectivity index (χ4v) is 5.59. The molecule has 2 fully saturated rings. The lowest BCUT2D eigenvalue weighted by atomic mass is 9.61. The Labute approximate surface area is 132 Å². The maximum absolute atomic E-state index is 12.3. The molecule has 1 heteroatoms. The van der Waals surface area contributed by atoms with E-state index in [1.165, 1.54) is 38.5 Å². The fraction of sp³-hybridized carbons (Fsp3) is 0.950. The molecule has 0 aromatic carbocycles. The zero-order chi connectivity index (χ0) is 15.6. The molecule has 0 unspecified atom stereocenters. The third-order valence-corrected chi connectivity index (χ3v) is 7.08. The predicted octanol–water partition coefficient (Wildman–Crippen LogP) is 5.87. The van der Waals surface area contributed by atoms with Crippen LogP contribution in [0.1, 0.15) is 86.0 Å². The third kappa shape index (κ3) is 3.37. The van der Waals surface area contributed by atoms with Crippen LogP contribution < -0.4 is 0 Å². The van der Waals surface area contributed by atoms with E-state index < -0.39 is 0 Å². The third-order valence-electron chi connectivity index (χ3n) is 7.08. The summed E-state index contributed by atoms with van der Waals surface area (Å²) in [6.45, 7) is 12.0. The zero-order valence-electron chi connectivity index (χ0n) is 15.0. The van der Waals surface area contributed by atoms with Crippen LogP contribution in [0, 0.1) is 35.0 Å². The maximum atomic E-state index is 12.3. The number of rotatable bonds is 6. The Morgan fingerprint density at radius 2 is 1.90 bits per heavy atom. The Balaban J connectivity index is 1.96. The van der Waals surface area contributed by atoms with E-state index in [1.807, 2.05) is 0 Å². The number of hydrogen-bond donors (Lipinski definition) is 0. The molecule has 5 atom stereocenters. The minimum atomic E-state index is 0.328. The van der Waals surface area contributed by atoms with E-state index in [1.54, 1.807) is 0 Å². The SMILES string of the molecule is CC[C@H](CC[C@@H](C)[C@H]1CC[C@H]2C(=O)CCC[C@]12C)C(C)C. The first-order chi connectivity index (χ1) is 9.90. The summed E-state index contributed by atoms with van der Waals surface area (Å²) in [5, 5.41) is 0. The van der Waals surface area contributed by atoms with Crippen LogP contribution in [-0.2, 0) is 4.79 Å². The molecule has 0 bridgehead atoms. The van der Waals surface area contributed by atoms with Gasteiger partial charge in [-0.1, -0.05) is 47.5 Å². The van der Waals surface area contributed by atoms with E-state index in [4.69, 9.17) is 0 Å². The molecule has 0 aromatic rings. The minimum Gasteiger partial charge on any atom is -0.299 e. The van der Waals surface area contributed by atoms with E-state index in [9.17, 15) is 4.79 Å². The fourth-order valence-electron chi connectivity index (χ4n) is 5.59. The monoisotopic (exact) mass is 292 g/mol. The second kappa shape index (κ2) is 6.84. The van der Waals surface area contributed by atoms with Gasteiger partial charge in [0.25, 0.3) is 0 Å². The second-order valence-corrected chi connectivity index (χ2v) is 8.53. The van der Waals surface area contributed by atoms with Crippen LogP contribution in [0.15, 0.2) is 0 Å². The molecule has 2 aliphatic carbocycles. The molecule has 1 nitrogen and oxygen atoms in total. The summed E-state index contributed by atoms with van der Waals surface area (Å²) in [5.74, 6) is 4.24. The average molecular weight is 293 g/mol. The van der Waals surface area contributed by atoms with Crippen LogP contribution >= 0.6 is 0 Å². The Bertz CT molecular complexity index is 359. The molecule has 0 saturated heterocycles. The molecule has 0 radical (unpaired) electrons. The summed E-state index contributed by atoms with van der Waals surface area (Å²) in [6, 6.07) is 0. The highest BCUT2D eigenvalue weighted by atomic mass is 16.1. The van der Waals surface area contributed by atoms with Crippen LogP contribution in [0.25, 0.3) is 0 Å². The summed E-state index contributed by atoms with van der Waals surface area (Å²) in [6.07, 6.45) is 9.80. The van der Waals surface area contributed by atoms with Crippen molar-refractivity contribution in [2.24, 2.45) is 35.0 Å². The first-order valence-corrected chi connectivity index (χ1v) is 9.42. The number of ketones is 1. The molecule has 0 spiro atoms. The molecule has 0 heterocycles. The molecule has 0 aliphatic heterocycles. The number of carbonyl (C=O) groups excluding carboxylic acids is 1. The Kier molecular flexibility index (Phi) is 5.54. The largest absolute Gasteiger partial charge is 0.299 e. The summed E-state index contributed by atoms with van der Waals surface area (Å²) in [4.78, 5) is 12.3. The second-order valence-electron chi connectivity index (χ2n) is 8.53. The highest BCUT2D eigenvalue weighted by Crippen LogP contribution is 2.57. The van der Waals surface area contributed by atoms with Crippen molar-refractivity contribution in [2.75, 3.05) is 0 Å². The lowest BCUT2D eigenvalue weighted by molar-refractivity contribution is -0.130. The van der Waals surface area contributed by atoms with Crippen LogP contribution in [0.3, 0.4) is 0 Å². The van der Waals surface area contributed by atoms with Crippen molar-refractivity contribution in [3.63, 3.8) is 0 Å². The van der Waals surface area contributed by atoms with Gasteiger partial charge in [-0.3, -0.25) is 4.79 Å². The van der Waals surface area contributed by atoms with Crippen molar-refractivity contribution >= 4 is 5.78 Å². The van der Waals surface area contributed by atoms with Gasteiger partial charge in [-0.2, -0.15) is 0 Å². The molecule has 2 aliphatic rings. The van der Waals surface area contributed by atoms with Crippen molar-refractivity contribution in [1.29, 1.82) is 0 Å². The van der Waals surface area contributed by atoms with Gasteiger partial charge in [-0.05, 0) is 61.2 Å². The molecule has 0 aromatic heterocycles. The van der Waals surface area contributed by atoms with Crippen molar-refractivity contribution < 1.29 is 4.79 Å². The maximum Gasteiger partial charge on any atom is 0.136 e. The van der Waals surface area contributed by atoms with E-state index in [0.29, 0.717) is 17.1 Å². The average Bonchev–Trinajstić information content (AvgIpc) is 2.77. The highest BCUT2D eigenvalue weighted by molar-refractivity contribution is 5.83. The molecule has 2 rings (SSSR count). The minimum absolute atomic E-state index is 0.328. The molecular formula is C20H36O. The van der Waals surface area contributed by atoms with Gasteiger partial charge in [0.05, 0.1) is 0 Å². The zero-order valence-corrected chi connectivity index (χ0v) is 15.0. The van der Waals surface area contributed by atoms with Gasteiger partial charge in [0.15, 0.2) is 0 Å². The number of fused-ring (bicyclic) bond motifs is 1. The molecule has 21 heavy (non-hydrogen) atoms. The lowest BCUT2D eigenvalue weighted by Gasteiger charge is -2.42. The number of hydrogen-bond acceptors (Lipinski definition) is 1. The van der Waals surface area contributed by atoms with Crippen LogP contribution in [0.4, 0.5) is 0 Å². The van der Waals surface area contributed by atoms with E-state index in [-0.39, 0.29) is 0 Å². The summed E-state index contributed by atoms with van der Waals surface area (Å²) in [7, 11) is 0. The highest BCUT2D eigenvalue weighted by Gasteiger charge is 2.52. The van der Waals surface area contributed by atoms with Gasteiger partial charge < -0.3 is 0 Å². The first kappa shape index (κ1) is 17.0. The van der Waals surface area contributed by atoms with E-state index >= 15 is 0 Å². The van der Waals surface area contributed by atoms with Gasteiger partial charge in [0, 0.05) is 12.3 Å². The lowest BCUT2D eigenvalue weighted by Crippen LogP contribution is -2.39. The van der Waals surface area contributed by atoms with Gasteiger partial charge in [0.2, 0.25) is 0 Å². The van der Waals surface area contributed by atoms with E-state index in [2.05, 4.69) is 34.6 Å². The van der Waals surface area contributed by atoms with Gasteiger partial charge in [0.1, 0.15) is 5.78 Å². The van der Waals surface area contributed by atoms with Crippen molar-refractivity contribution in [1.82, 2.24) is 0 Å². The molecule has 122 valence electrons. The summed E-state index contributed by atoms with van der Waals surface area (Å²) in [5.41, 5.74) is 0.328. The Hall–Kier alpha value is -0.330. The van der Waals surface area contributed by atoms with Gasteiger partial charge in [-0.25, -0.2) is 0 Å². The quantitative estimate of drug-likeness (QED) is 0.598. The summed E-state index contributed by atoms with van der Waals surface area (Å²) < 4.78 is 0. The van der Waals surface area contributed by atoms with Crippen molar-refractivity contribution in [3.8, 4) is 0 Å². The van der Waals surface area contributed by atoms with Crippen LogP contribution in [0.2, 0.25) is 0 Å². The van der Waals surface area contributed by atoms with Crippen LogP contribution in [-0.4, -0.2) is 5.78 Å². The summed E-state index contributed by atoms with van der Waals surface area (Å²) >= 11 is 0. The smallest absolute Gasteiger partial charge is 0.136 e. The molecule has 2 saturated carbocycles. The number of carbonyl (C=O) groups is 1. The normalized spacial score (nSPS) is 35.8. The standard InChI is InChI=1S/C20H36O/c1-6-16(14(2)3)10-9-15(4)17-11-12-18-19(21)8-7-13-20(17,18)5/h14-18H,6-13H2,1-5H3/t15-,16-,17-,18+,20-/m1/s1. The van der Waals surface area contributed by atoms with Crippen molar-refractivity contribution in [2.45, 2.75) is 86.0 Å². The van der Waals surface area contributed by atoms with E-state index in [0.717, 1.165) is 36.5 Å². The molecule has 0 amide bonds. The number of Topliss-reactive ketones (excluding diaryl/α,β-unsaturated/α-hetero) is 1. The molecule has 0 N–H and O–H groups in total. The Morgan fingerprint density at radius 1 is 1.19 bits per heavy atom. The van der Waals surface area contributed by atoms with Gasteiger partial charge >= 0.3 is 0 Å². The Morgan fingerprint density at radius 3 is 2.52 bits per heavy atom. The predicted molar refractivity (Wildman–Crippen MR) is 90.2 cm³/mol. The van der Waals surface area contributed by atoms with Crippen molar-refractivity contribution in [3.05, 3.63) is 0 Å².